The fourth-order valence-corrected chi connectivity index (χ4v) is 3.63. The second-order valence-electron chi connectivity index (χ2n) is 7.93. The number of aryl methyl sites for hydroxylation is 2. The number of hydrogen-bond acceptors (Lipinski definition) is 3. The molecule has 0 spiro atoms. The summed E-state index contributed by atoms with van der Waals surface area (Å²) >= 11 is 0. The summed E-state index contributed by atoms with van der Waals surface area (Å²) < 4.78 is 0. The summed E-state index contributed by atoms with van der Waals surface area (Å²) in [6.45, 7) is 2.00. The lowest BCUT2D eigenvalue weighted by Gasteiger charge is -2.21. The fraction of sp³-hybridized carbons (Fsp3) is 0.375. The van der Waals surface area contributed by atoms with Crippen molar-refractivity contribution in [3.05, 3.63) is 71.8 Å². The predicted molar refractivity (Wildman–Crippen MR) is 116 cm³/mol. The molecule has 0 bridgehead atoms. The van der Waals surface area contributed by atoms with E-state index in [0.717, 1.165) is 29.7 Å². The van der Waals surface area contributed by atoms with Crippen molar-refractivity contribution in [2.75, 3.05) is 13.1 Å². The molecule has 2 N–H and O–H groups in total. The summed E-state index contributed by atoms with van der Waals surface area (Å²) in [4.78, 5) is 38.3. The van der Waals surface area contributed by atoms with Gasteiger partial charge in [-0.2, -0.15) is 0 Å². The third-order valence-electron chi connectivity index (χ3n) is 5.46. The van der Waals surface area contributed by atoms with E-state index in [1.54, 1.807) is 6.92 Å². The van der Waals surface area contributed by atoms with E-state index in [1.807, 2.05) is 48.5 Å². The van der Waals surface area contributed by atoms with Gasteiger partial charge in [-0.1, -0.05) is 60.7 Å². The number of unbranched alkanes of at least 4 members (excludes halogenated alkanes) is 1. The van der Waals surface area contributed by atoms with Crippen LogP contribution in [0.25, 0.3) is 0 Å². The third kappa shape index (κ3) is 5.69. The van der Waals surface area contributed by atoms with E-state index >= 15 is 0 Å². The molecule has 1 aliphatic heterocycles. The van der Waals surface area contributed by atoms with Crippen LogP contribution in [0.2, 0.25) is 0 Å². The number of urea groups is 1. The van der Waals surface area contributed by atoms with E-state index < -0.39 is 11.6 Å². The molecule has 6 nitrogen and oxygen atoms in total. The molecule has 0 unspecified atom stereocenters. The van der Waals surface area contributed by atoms with E-state index in [9.17, 15) is 14.4 Å². The highest BCUT2D eigenvalue weighted by molar-refractivity contribution is 6.08. The minimum absolute atomic E-state index is 0.246. The quantitative estimate of drug-likeness (QED) is 0.469. The second-order valence-corrected chi connectivity index (χ2v) is 7.93. The maximum absolute atomic E-state index is 12.8. The Balaban J connectivity index is 1.41. The number of carbonyl (C=O) groups is 3. The van der Waals surface area contributed by atoms with Gasteiger partial charge in [0.25, 0.3) is 5.91 Å². The lowest BCUT2D eigenvalue weighted by molar-refractivity contribution is -0.134. The molecule has 1 aliphatic rings. The maximum Gasteiger partial charge on any atom is 0.325 e. The van der Waals surface area contributed by atoms with Crippen LogP contribution in [0.4, 0.5) is 4.79 Å². The summed E-state index contributed by atoms with van der Waals surface area (Å²) in [6, 6.07) is 19.5. The topological polar surface area (TPSA) is 78.5 Å². The van der Waals surface area contributed by atoms with E-state index in [-0.39, 0.29) is 18.4 Å². The number of carbonyl (C=O) groups excluding carboxylic acids is 3. The first-order valence-electron chi connectivity index (χ1n) is 10.5. The van der Waals surface area contributed by atoms with Gasteiger partial charge in [0.1, 0.15) is 12.1 Å². The fourth-order valence-electron chi connectivity index (χ4n) is 3.63. The molecule has 6 heteroatoms. The smallest absolute Gasteiger partial charge is 0.325 e. The van der Waals surface area contributed by atoms with Gasteiger partial charge in [-0.25, -0.2) is 4.79 Å². The van der Waals surface area contributed by atoms with Gasteiger partial charge >= 0.3 is 6.03 Å². The van der Waals surface area contributed by atoms with E-state index in [4.69, 9.17) is 0 Å². The van der Waals surface area contributed by atoms with Crippen LogP contribution in [-0.4, -0.2) is 41.4 Å². The summed E-state index contributed by atoms with van der Waals surface area (Å²) in [5, 5.41) is 5.57. The molecule has 2 aromatic carbocycles. The van der Waals surface area contributed by atoms with Crippen LogP contribution >= 0.6 is 0 Å². The van der Waals surface area contributed by atoms with Crippen molar-refractivity contribution in [3.8, 4) is 0 Å². The van der Waals surface area contributed by atoms with Crippen molar-refractivity contribution in [2.24, 2.45) is 0 Å². The molecular formula is C24H29N3O3. The van der Waals surface area contributed by atoms with Crippen LogP contribution in [0, 0.1) is 0 Å². The van der Waals surface area contributed by atoms with Crippen molar-refractivity contribution in [2.45, 2.75) is 44.6 Å². The Morgan fingerprint density at radius 3 is 2.17 bits per heavy atom. The van der Waals surface area contributed by atoms with Crippen molar-refractivity contribution < 1.29 is 14.4 Å². The number of nitrogens with zero attached hydrogens (tertiary/aromatic N) is 1. The molecule has 30 heavy (non-hydrogen) atoms. The highest BCUT2D eigenvalue weighted by Gasteiger charge is 2.47. The van der Waals surface area contributed by atoms with E-state index in [2.05, 4.69) is 22.8 Å². The van der Waals surface area contributed by atoms with Gasteiger partial charge in [0.2, 0.25) is 5.91 Å². The number of imide groups is 1. The number of benzene rings is 2. The minimum atomic E-state index is -0.983. The zero-order valence-corrected chi connectivity index (χ0v) is 17.4. The predicted octanol–water partition coefficient (Wildman–Crippen LogP) is 3.07. The molecule has 0 aliphatic carbocycles. The normalized spacial score (nSPS) is 18.4. The lowest BCUT2D eigenvalue weighted by atomic mass is 9.93. The molecule has 0 radical (unpaired) electrons. The van der Waals surface area contributed by atoms with Gasteiger partial charge in [0, 0.05) is 6.54 Å². The third-order valence-corrected chi connectivity index (χ3v) is 5.46. The zero-order chi connectivity index (χ0) is 21.4. The van der Waals surface area contributed by atoms with E-state index in [1.165, 1.54) is 5.56 Å². The minimum Gasteiger partial charge on any atom is -0.355 e. The molecule has 1 fully saturated rings. The van der Waals surface area contributed by atoms with Gasteiger partial charge in [-0.05, 0) is 50.2 Å². The Hall–Kier alpha value is -3.15. The first-order chi connectivity index (χ1) is 14.5. The van der Waals surface area contributed by atoms with Gasteiger partial charge in [-0.3, -0.25) is 14.5 Å². The average molecular weight is 408 g/mol. The largest absolute Gasteiger partial charge is 0.355 e. The summed E-state index contributed by atoms with van der Waals surface area (Å²) in [6.07, 6.45) is 3.92. The molecule has 1 saturated heterocycles. The van der Waals surface area contributed by atoms with Crippen molar-refractivity contribution in [3.63, 3.8) is 0 Å². The molecule has 2 aromatic rings. The van der Waals surface area contributed by atoms with Crippen molar-refractivity contribution in [1.82, 2.24) is 15.5 Å². The van der Waals surface area contributed by atoms with Gasteiger partial charge < -0.3 is 10.6 Å². The van der Waals surface area contributed by atoms with Crippen LogP contribution in [0.15, 0.2) is 60.7 Å². The molecule has 1 atom stereocenters. The summed E-state index contributed by atoms with van der Waals surface area (Å²) in [7, 11) is 0. The van der Waals surface area contributed by atoms with Gasteiger partial charge in [-0.15, -0.1) is 0 Å². The molecule has 3 rings (SSSR count). The number of nitrogens with one attached hydrogen (secondary N) is 2. The Labute approximate surface area is 177 Å². The van der Waals surface area contributed by atoms with Crippen molar-refractivity contribution >= 4 is 17.8 Å². The molecule has 0 saturated carbocycles. The number of hydrogen-bond donors (Lipinski definition) is 2. The zero-order valence-electron chi connectivity index (χ0n) is 17.4. The highest BCUT2D eigenvalue weighted by atomic mass is 16.2. The summed E-state index contributed by atoms with van der Waals surface area (Å²) in [5.41, 5.74) is 1.40. The van der Waals surface area contributed by atoms with Gasteiger partial charge in [0.15, 0.2) is 0 Å². The van der Waals surface area contributed by atoms with Crippen LogP contribution in [0.5, 0.6) is 0 Å². The molecule has 1 heterocycles. The van der Waals surface area contributed by atoms with E-state index in [0.29, 0.717) is 19.4 Å². The first kappa shape index (κ1) is 21.6. The van der Waals surface area contributed by atoms with Crippen LogP contribution < -0.4 is 10.6 Å². The van der Waals surface area contributed by atoms with Crippen LogP contribution in [0.3, 0.4) is 0 Å². The van der Waals surface area contributed by atoms with Crippen LogP contribution in [-0.2, 0) is 22.4 Å². The van der Waals surface area contributed by atoms with Crippen molar-refractivity contribution in [1.29, 1.82) is 0 Å². The summed E-state index contributed by atoms with van der Waals surface area (Å²) in [5.74, 6) is -0.659. The number of rotatable bonds is 10. The van der Waals surface area contributed by atoms with Gasteiger partial charge in [0.05, 0.1) is 0 Å². The highest BCUT2D eigenvalue weighted by Crippen LogP contribution is 2.23. The average Bonchev–Trinajstić information content (AvgIpc) is 2.97. The standard InChI is InChI=1S/C24H29N3O3/c1-24(16-15-20-12-6-3-7-13-20)22(29)27(23(30)26-24)18-21(28)25-17-9-8-14-19-10-4-2-5-11-19/h2-7,10-13H,8-9,14-18H2,1H3,(H,25,28)(H,26,30)/t24-/m1/s1. The Morgan fingerprint density at radius 1 is 0.933 bits per heavy atom. The maximum atomic E-state index is 12.8. The molecule has 158 valence electrons. The first-order valence-corrected chi connectivity index (χ1v) is 10.5. The lowest BCUT2D eigenvalue weighted by Crippen LogP contribution is -2.45. The molecular weight excluding hydrogens is 378 g/mol. The SMILES string of the molecule is C[C@]1(CCc2ccccc2)NC(=O)N(CC(=O)NCCCCc2ccccc2)C1=O. The monoisotopic (exact) mass is 407 g/mol. The second kappa shape index (κ2) is 10.1. The Bertz CT molecular complexity index is 870. The Morgan fingerprint density at radius 2 is 1.53 bits per heavy atom. The molecule has 4 amide bonds. The number of amides is 4. The molecule has 0 aromatic heterocycles. The Kier molecular flexibility index (Phi) is 7.22. The van der Waals surface area contributed by atoms with Crippen LogP contribution in [0.1, 0.15) is 37.3 Å².